The molecule has 0 radical (unpaired) electrons. The molecule has 0 aliphatic heterocycles. The Balaban J connectivity index is 2.65. The lowest BCUT2D eigenvalue weighted by Crippen LogP contribution is -2.12. The maximum Gasteiger partial charge on any atom is 0.126 e. The highest BCUT2D eigenvalue weighted by Gasteiger charge is 2.19. The molecule has 94 valence electrons. The lowest BCUT2D eigenvalue weighted by Gasteiger charge is -2.23. The summed E-state index contributed by atoms with van der Waals surface area (Å²) in [5.41, 5.74) is 3.87. The zero-order chi connectivity index (χ0) is 13.2. The van der Waals surface area contributed by atoms with E-state index in [0.29, 0.717) is 0 Å². The first-order valence-corrected chi connectivity index (χ1v) is 6.27. The summed E-state index contributed by atoms with van der Waals surface area (Å²) in [5.74, 6) is 0.925. The van der Waals surface area contributed by atoms with Crippen LogP contribution in [0.25, 0.3) is 11.1 Å². The van der Waals surface area contributed by atoms with Gasteiger partial charge in [-0.2, -0.15) is 0 Å². The second-order valence-electron chi connectivity index (χ2n) is 5.50. The number of para-hydroxylation sites is 1. The van der Waals surface area contributed by atoms with Crippen LogP contribution in [-0.2, 0) is 5.41 Å². The molecular formula is C17H20O. The summed E-state index contributed by atoms with van der Waals surface area (Å²) < 4.78 is 5.47. The van der Waals surface area contributed by atoms with Gasteiger partial charge >= 0.3 is 0 Å². The number of hydrogen-bond acceptors (Lipinski definition) is 1. The molecule has 0 bridgehead atoms. The van der Waals surface area contributed by atoms with Gasteiger partial charge in [0.25, 0.3) is 0 Å². The molecule has 2 aromatic carbocycles. The van der Waals surface area contributed by atoms with Gasteiger partial charge in [-0.15, -0.1) is 0 Å². The molecule has 0 N–H and O–H groups in total. The van der Waals surface area contributed by atoms with Gasteiger partial charge in [0.2, 0.25) is 0 Å². The minimum Gasteiger partial charge on any atom is -0.496 e. The fourth-order valence-electron chi connectivity index (χ4n) is 2.24. The highest BCUT2D eigenvalue weighted by atomic mass is 16.5. The lowest BCUT2D eigenvalue weighted by molar-refractivity contribution is 0.416. The monoisotopic (exact) mass is 240 g/mol. The van der Waals surface area contributed by atoms with Gasteiger partial charge in [-0.25, -0.2) is 0 Å². The van der Waals surface area contributed by atoms with Crippen molar-refractivity contribution in [2.45, 2.75) is 26.2 Å². The van der Waals surface area contributed by atoms with Crippen LogP contribution in [0.1, 0.15) is 26.3 Å². The van der Waals surface area contributed by atoms with Gasteiger partial charge in [0, 0.05) is 5.56 Å². The molecule has 0 aromatic heterocycles. The average Bonchev–Trinajstić information content (AvgIpc) is 2.37. The molecular weight excluding hydrogens is 220 g/mol. The van der Waals surface area contributed by atoms with E-state index in [9.17, 15) is 0 Å². The van der Waals surface area contributed by atoms with Crippen LogP contribution in [0.15, 0.2) is 48.5 Å². The van der Waals surface area contributed by atoms with E-state index in [4.69, 9.17) is 4.74 Å². The Morgan fingerprint density at radius 3 is 1.94 bits per heavy atom. The third kappa shape index (κ3) is 2.40. The Hall–Kier alpha value is -1.76. The first-order valence-electron chi connectivity index (χ1n) is 6.27. The third-order valence-electron chi connectivity index (χ3n) is 3.13. The van der Waals surface area contributed by atoms with E-state index in [0.717, 1.165) is 11.3 Å². The van der Waals surface area contributed by atoms with Crippen molar-refractivity contribution in [3.63, 3.8) is 0 Å². The molecule has 1 heteroatoms. The smallest absolute Gasteiger partial charge is 0.126 e. The largest absolute Gasteiger partial charge is 0.496 e. The van der Waals surface area contributed by atoms with Crippen molar-refractivity contribution in [1.82, 2.24) is 0 Å². The van der Waals surface area contributed by atoms with Gasteiger partial charge in [-0.1, -0.05) is 63.2 Å². The van der Waals surface area contributed by atoms with Crippen LogP contribution in [0, 0.1) is 0 Å². The molecule has 0 saturated heterocycles. The molecule has 2 aromatic rings. The summed E-state index contributed by atoms with van der Waals surface area (Å²) in [6, 6.07) is 16.7. The fourth-order valence-corrected chi connectivity index (χ4v) is 2.24. The molecule has 0 fully saturated rings. The Morgan fingerprint density at radius 2 is 1.33 bits per heavy atom. The van der Waals surface area contributed by atoms with Crippen LogP contribution in [0.5, 0.6) is 5.75 Å². The van der Waals surface area contributed by atoms with E-state index >= 15 is 0 Å². The van der Waals surface area contributed by atoms with Crippen molar-refractivity contribution in [1.29, 1.82) is 0 Å². The van der Waals surface area contributed by atoms with E-state index in [2.05, 4.69) is 57.2 Å². The fraction of sp³-hybridized carbons (Fsp3) is 0.294. The average molecular weight is 240 g/mol. The summed E-state index contributed by atoms with van der Waals surface area (Å²) in [5, 5.41) is 0. The van der Waals surface area contributed by atoms with Crippen molar-refractivity contribution in [2.75, 3.05) is 7.11 Å². The van der Waals surface area contributed by atoms with Gasteiger partial charge in [0.15, 0.2) is 0 Å². The first kappa shape index (κ1) is 12.7. The predicted molar refractivity (Wildman–Crippen MR) is 77.1 cm³/mol. The zero-order valence-electron chi connectivity index (χ0n) is 11.5. The second-order valence-corrected chi connectivity index (χ2v) is 5.50. The van der Waals surface area contributed by atoms with Gasteiger partial charge in [0.1, 0.15) is 5.75 Å². The normalized spacial score (nSPS) is 11.3. The summed E-state index contributed by atoms with van der Waals surface area (Å²) >= 11 is 0. The minimum absolute atomic E-state index is 0.122. The highest BCUT2D eigenvalue weighted by molar-refractivity contribution is 5.74. The van der Waals surface area contributed by atoms with Crippen LogP contribution in [-0.4, -0.2) is 7.11 Å². The number of rotatable bonds is 2. The molecule has 0 aliphatic carbocycles. The molecule has 18 heavy (non-hydrogen) atoms. The van der Waals surface area contributed by atoms with Crippen molar-refractivity contribution < 1.29 is 4.74 Å². The molecule has 0 aliphatic rings. The second kappa shape index (κ2) is 4.85. The van der Waals surface area contributed by atoms with Crippen LogP contribution in [0.3, 0.4) is 0 Å². The number of hydrogen-bond donors (Lipinski definition) is 0. The maximum absolute atomic E-state index is 5.47. The van der Waals surface area contributed by atoms with Gasteiger partial charge in [0.05, 0.1) is 7.11 Å². The first-order chi connectivity index (χ1) is 8.54. The molecule has 0 atom stereocenters. The van der Waals surface area contributed by atoms with Crippen LogP contribution >= 0.6 is 0 Å². The topological polar surface area (TPSA) is 9.23 Å². The Bertz CT molecular complexity index is 535. The quantitative estimate of drug-likeness (QED) is 0.741. The lowest BCUT2D eigenvalue weighted by atomic mass is 9.82. The molecule has 0 heterocycles. The summed E-state index contributed by atoms with van der Waals surface area (Å²) in [7, 11) is 1.72. The van der Waals surface area contributed by atoms with Crippen molar-refractivity contribution in [2.24, 2.45) is 0 Å². The Kier molecular flexibility index (Phi) is 3.42. The number of benzene rings is 2. The summed E-state index contributed by atoms with van der Waals surface area (Å²) in [4.78, 5) is 0. The Morgan fingerprint density at radius 1 is 0.778 bits per heavy atom. The number of methoxy groups -OCH3 is 1. The van der Waals surface area contributed by atoms with Crippen molar-refractivity contribution in [3.8, 4) is 16.9 Å². The molecule has 0 amide bonds. The van der Waals surface area contributed by atoms with E-state index in [1.807, 2.05) is 12.1 Å². The third-order valence-corrected chi connectivity index (χ3v) is 3.13. The van der Waals surface area contributed by atoms with Crippen molar-refractivity contribution in [3.05, 3.63) is 54.1 Å². The Labute approximate surface area is 109 Å². The van der Waals surface area contributed by atoms with Crippen molar-refractivity contribution >= 4 is 0 Å². The van der Waals surface area contributed by atoms with E-state index in [1.165, 1.54) is 11.1 Å². The number of ether oxygens (including phenoxy) is 1. The summed E-state index contributed by atoms with van der Waals surface area (Å²) in [6.45, 7) is 6.71. The summed E-state index contributed by atoms with van der Waals surface area (Å²) in [6.07, 6.45) is 0. The molecule has 1 nitrogen and oxygen atoms in total. The SMILES string of the molecule is COc1ccccc1-c1ccccc1C(C)(C)C. The predicted octanol–water partition coefficient (Wildman–Crippen LogP) is 4.66. The molecule has 2 rings (SSSR count). The van der Waals surface area contributed by atoms with Crippen LogP contribution in [0.2, 0.25) is 0 Å². The highest BCUT2D eigenvalue weighted by Crippen LogP contribution is 2.37. The van der Waals surface area contributed by atoms with E-state index < -0.39 is 0 Å². The van der Waals surface area contributed by atoms with Gasteiger partial charge < -0.3 is 4.74 Å². The van der Waals surface area contributed by atoms with Gasteiger partial charge in [-0.05, 0) is 22.6 Å². The standard InChI is InChI=1S/C17H20O/c1-17(2,3)15-11-7-5-9-13(15)14-10-6-8-12-16(14)18-4/h5-12H,1-4H3. The minimum atomic E-state index is 0.122. The zero-order valence-corrected chi connectivity index (χ0v) is 11.5. The van der Waals surface area contributed by atoms with E-state index in [-0.39, 0.29) is 5.41 Å². The van der Waals surface area contributed by atoms with Crippen LogP contribution in [0.4, 0.5) is 0 Å². The maximum atomic E-state index is 5.47. The van der Waals surface area contributed by atoms with Crippen LogP contribution < -0.4 is 4.74 Å². The molecule has 0 spiro atoms. The van der Waals surface area contributed by atoms with Gasteiger partial charge in [-0.3, -0.25) is 0 Å². The molecule has 0 saturated carbocycles. The van der Waals surface area contributed by atoms with E-state index in [1.54, 1.807) is 7.11 Å². The molecule has 0 unspecified atom stereocenters.